The molecule has 0 aromatic heterocycles. The number of nitrogens with two attached hydrogens (primary N) is 1. The largest absolute Gasteiger partial charge is 0.352 e. The zero-order valence-corrected chi connectivity index (χ0v) is 13.9. The fourth-order valence-corrected chi connectivity index (χ4v) is 3.15. The lowest BCUT2D eigenvalue weighted by Gasteiger charge is -2.27. The Kier molecular flexibility index (Phi) is 4.81. The molecule has 1 aromatic rings. The lowest BCUT2D eigenvalue weighted by molar-refractivity contribution is -0.136. The van der Waals surface area contributed by atoms with Gasteiger partial charge in [0.25, 0.3) is 11.8 Å². The number of imide groups is 2. The van der Waals surface area contributed by atoms with Crippen LogP contribution in [0.2, 0.25) is 0 Å². The van der Waals surface area contributed by atoms with Crippen molar-refractivity contribution in [1.29, 1.82) is 0 Å². The Balaban J connectivity index is 1.86. The van der Waals surface area contributed by atoms with Crippen LogP contribution < -0.4 is 16.4 Å². The van der Waals surface area contributed by atoms with E-state index < -0.39 is 29.7 Å². The van der Waals surface area contributed by atoms with E-state index in [1.165, 1.54) is 6.07 Å². The van der Waals surface area contributed by atoms with Crippen LogP contribution in [0.5, 0.6) is 0 Å². The van der Waals surface area contributed by atoms with Crippen molar-refractivity contribution in [2.45, 2.75) is 31.8 Å². The number of fused-ring (bicyclic) bond motifs is 1. The van der Waals surface area contributed by atoms with Crippen LogP contribution in [0.3, 0.4) is 0 Å². The lowest BCUT2D eigenvalue weighted by Crippen LogP contribution is -2.54. The molecule has 9 heteroatoms. The van der Waals surface area contributed by atoms with E-state index in [-0.39, 0.29) is 49.4 Å². The van der Waals surface area contributed by atoms with Crippen LogP contribution in [-0.2, 0) is 20.9 Å². The predicted molar refractivity (Wildman–Crippen MR) is 88.6 cm³/mol. The average molecular weight is 358 g/mol. The molecule has 0 aliphatic carbocycles. The van der Waals surface area contributed by atoms with Gasteiger partial charge < -0.3 is 11.1 Å². The molecule has 1 atom stereocenters. The van der Waals surface area contributed by atoms with Gasteiger partial charge >= 0.3 is 0 Å². The van der Waals surface area contributed by atoms with Crippen molar-refractivity contribution in [2.24, 2.45) is 5.73 Å². The third kappa shape index (κ3) is 3.08. The van der Waals surface area contributed by atoms with Crippen molar-refractivity contribution in [3.05, 3.63) is 34.9 Å². The quantitative estimate of drug-likeness (QED) is 0.580. The lowest BCUT2D eigenvalue weighted by atomic mass is 10.0. The molecule has 26 heavy (non-hydrogen) atoms. The summed E-state index contributed by atoms with van der Waals surface area (Å²) in [4.78, 5) is 61.4. The molecule has 1 saturated heterocycles. The van der Waals surface area contributed by atoms with Crippen LogP contribution >= 0.6 is 0 Å². The molecule has 0 spiro atoms. The molecule has 2 aliphatic heterocycles. The number of carbonyl (C=O) groups excluding carboxylic acids is 5. The van der Waals surface area contributed by atoms with Crippen LogP contribution in [0, 0.1) is 0 Å². The molecule has 1 aromatic carbocycles. The van der Waals surface area contributed by atoms with Crippen molar-refractivity contribution in [3.63, 3.8) is 0 Å². The maximum atomic E-state index is 12.8. The van der Waals surface area contributed by atoms with Gasteiger partial charge in [-0.25, -0.2) is 0 Å². The van der Waals surface area contributed by atoms with Crippen LogP contribution in [0.25, 0.3) is 0 Å². The van der Waals surface area contributed by atoms with Gasteiger partial charge in [0.1, 0.15) is 6.04 Å². The Hall–Kier alpha value is -3.07. The van der Waals surface area contributed by atoms with Gasteiger partial charge in [0, 0.05) is 25.9 Å². The molecule has 0 saturated carbocycles. The average Bonchev–Trinajstić information content (AvgIpc) is 2.85. The second kappa shape index (κ2) is 7.04. The van der Waals surface area contributed by atoms with Crippen molar-refractivity contribution in [3.8, 4) is 0 Å². The minimum absolute atomic E-state index is 0.0613. The molecule has 4 N–H and O–H groups in total. The molecule has 3 rings (SSSR count). The number of rotatable bonds is 5. The van der Waals surface area contributed by atoms with Crippen molar-refractivity contribution in [1.82, 2.24) is 15.5 Å². The number of amides is 5. The van der Waals surface area contributed by atoms with Crippen LogP contribution in [-0.4, -0.2) is 47.0 Å². The number of carbonyl (C=O) groups is 5. The van der Waals surface area contributed by atoms with Crippen molar-refractivity contribution < 1.29 is 24.0 Å². The van der Waals surface area contributed by atoms with E-state index in [0.29, 0.717) is 5.56 Å². The molecule has 5 amide bonds. The third-order valence-corrected chi connectivity index (χ3v) is 4.40. The highest BCUT2D eigenvalue weighted by Crippen LogP contribution is 2.29. The number of nitrogens with one attached hydrogen (secondary N) is 2. The zero-order chi connectivity index (χ0) is 18.8. The Morgan fingerprint density at radius 1 is 1.23 bits per heavy atom. The van der Waals surface area contributed by atoms with Gasteiger partial charge in [0.2, 0.25) is 17.7 Å². The Bertz CT molecular complexity index is 819. The van der Waals surface area contributed by atoms with Crippen LogP contribution in [0.1, 0.15) is 45.5 Å². The molecular formula is C17H18N4O5. The van der Waals surface area contributed by atoms with E-state index in [9.17, 15) is 24.0 Å². The minimum atomic E-state index is -1.01. The van der Waals surface area contributed by atoms with Gasteiger partial charge in [-0.05, 0) is 18.1 Å². The van der Waals surface area contributed by atoms with E-state index in [1.54, 1.807) is 12.1 Å². The van der Waals surface area contributed by atoms with Gasteiger partial charge in [-0.1, -0.05) is 12.1 Å². The Labute approximate surface area is 148 Å². The maximum Gasteiger partial charge on any atom is 0.262 e. The van der Waals surface area contributed by atoms with Gasteiger partial charge in [0.15, 0.2) is 0 Å². The van der Waals surface area contributed by atoms with Gasteiger partial charge in [-0.15, -0.1) is 0 Å². The summed E-state index contributed by atoms with van der Waals surface area (Å²) in [6, 6.07) is 3.75. The summed E-state index contributed by atoms with van der Waals surface area (Å²) < 4.78 is 0. The van der Waals surface area contributed by atoms with Crippen molar-refractivity contribution in [2.75, 3.05) is 6.54 Å². The van der Waals surface area contributed by atoms with E-state index in [0.717, 1.165) is 4.90 Å². The first kappa shape index (κ1) is 17.7. The SMILES string of the molecule is NCCC(=O)NCc1cccc2c1C(=O)N(C1CCC(=O)NC1=O)C2=O. The molecule has 9 nitrogen and oxygen atoms in total. The first-order chi connectivity index (χ1) is 12.4. The number of hydrogen-bond acceptors (Lipinski definition) is 6. The van der Waals surface area contributed by atoms with E-state index in [4.69, 9.17) is 5.73 Å². The molecular weight excluding hydrogens is 340 g/mol. The molecule has 0 bridgehead atoms. The number of hydrogen-bond donors (Lipinski definition) is 3. The summed E-state index contributed by atoms with van der Waals surface area (Å²) in [6.45, 7) is 0.281. The summed E-state index contributed by atoms with van der Waals surface area (Å²) >= 11 is 0. The summed E-state index contributed by atoms with van der Waals surface area (Å²) in [6.07, 6.45) is 0.314. The summed E-state index contributed by atoms with van der Waals surface area (Å²) in [7, 11) is 0. The monoisotopic (exact) mass is 358 g/mol. The van der Waals surface area contributed by atoms with Gasteiger partial charge in [0.05, 0.1) is 11.1 Å². The van der Waals surface area contributed by atoms with Crippen LogP contribution in [0.4, 0.5) is 0 Å². The fraction of sp³-hybridized carbons (Fsp3) is 0.353. The number of benzene rings is 1. The van der Waals surface area contributed by atoms with Crippen molar-refractivity contribution >= 4 is 29.5 Å². The fourth-order valence-electron chi connectivity index (χ4n) is 3.15. The second-order valence-electron chi connectivity index (χ2n) is 6.10. The maximum absolute atomic E-state index is 12.8. The zero-order valence-electron chi connectivity index (χ0n) is 13.9. The molecule has 0 radical (unpaired) electrons. The summed E-state index contributed by atoms with van der Waals surface area (Å²) in [5, 5.41) is 4.80. The van der Waals surface area contributed by atoms with E-state index in [2.05, 4.69) is 10.6 Å². The third-order valence-electron chi connectivity index (χ3n) is 4.40. The normalized spacial score (nSPS) is 19.4. The number of piperidine rings is 1. The van der Waals surface area contributed by atoms with Crippen LogP contribution in [0.15, 0.2) is 18.2 Å². The highest BCUT2D eigenvalue weighted by molar-refractivity contribution is 6.24. The number of nitrogens with zero attached hydrogens (tertiary/aromatic N) is 1. The first-order valence-corrected chi connectivity index (χ1v) is 8.24. The highest BCUT2D eigenvalue weighted by Gasteiger charge is 2.45. The van der Waals surface area contributed by atoms with E-state index >= 15 is 0 Å². The standard InChI is InChI=1S/C17H18N4O5/c18-7-6-12(22)19-8-9-2-1-3-10-14(9)17(26)21(16(10)25)11-4-5-13(23)20-15(11)24/h1-3,11H,4-8,18H2,(H,19,22)(H,20,23,24). The minimum Gasteiger partial charge on any atom is -0.352 e. The molecule has 2 aliphatic rings. The van der Waals surface area contributed by atoms with E-state index in [1.807, 2.05) is 0 Å². The van der Waals surface area contributed by atoms with Gasteiger partial charge in [-0.2, -0.15) is 0 Å². The predicted octanol–water partition coefficient (Wildman–Crippen LogP) is -0.947. The molecule has 136 valence electrons. The first-order valence-electron chi connectivity index (χ1n) is 8.24. The second-order valence-corrected chi connectivity index (χ2v) is 6.10. The smallest absolute Gasteiger partial charge is 0.262 e. The summed E-state index contributed by atoms with van der Waals surface area (Å²) in [5.41, 5.74) is 6.17. The Morgan fingerprint density at radius 3 is 2.69 bits per heavy atom. The molecule has 1 unspecified atom stereocenters. The molecule has 2 heterocycles. The highest BCUT2D eigenvalue weighted by atomic mass is 16.2. The molecule has 1 fully saturated rings. The summed E-state index contributed by atoms with van der Waals surface area (Å²) in [5.74, 6) is -2.51. The topological polar surface area (TPSA) is 139 Å². The van der Waals surface area contributed by atoms with Gasteiger partial charge in [-0.3, -0.25) is 34.2 Å². The Morgan fingerprint density at radius 2 is 2.00 bits per heavy atom.